The van der Waals surface area contributed by atoms with Crippen molar-refractivity contribution in [3.05, 3.63) is 29.8 Å². The number of hydrogen-bond donors (Lipinski definition) is 0. The van der Waals surface area contributed by atoms with Crippen LogP contribution in [-0.4, -0.2) is 30.1 Å². The van der Waals surface area contributed by atoms with Gasteiger partial charge < -0.3 is 4.74 Å². The standard InChI is InChI=1S/C17H24N2O/c1-14-5-3-6-15(2)19(14)11-4-12-20-17-9-7-16(13-18)8-10-17/h7-10,14-15H,3-6,11-12H2,1-2H3/t14-,15+. The predicted molar refractivity (Wildman–Crippen MR) is 80.8 cm³/mol. The van der Waals surface area contributed by atoms with Crippen molar-refractivity contribution in [2.24, 2.45) is 0 Å². The summed E-state index contributed by atoms with van der Waals surface area (Å²) in [6.45, 7) is 6.51. The molecule has 20 heavy (non-hydrogen) atoms. The molecule has 1 aliphatic heterocycles. The highest BCUT2D eigenvalue weighted by Crippen LogP contribution is 2.22. The Balaban J connectivity index is 1.71. The second-order valence-electron chi connectivity index (χ2n) is 5.70. The monoisotopic (exact) mass is 272 g/mol. The maximum Gasteiger partial charge on any atom is 0.119 e. The summed E-state index contributed by atoms with van der Waals surface area (Å²) in [6, 6.07) is 10.8. The Kier molecular flexibility index (Phi) is 5.43. The van der Waals surface area contributed by atoms with Crippen LogP contribution in [0.1, 0.15) is 45.1 Å². The summed E-state index contributed by atoms with van der Waals surface area (Å²) in [5.41, 5.74) is 0.674. The second-order valence-corrected chi connectivity index (χ2v) is 5.70. The number of rotatable bonds is 5. The number of piperidine rings is 1. The van der Waals surface area contributed by atoms with Crippen molar-refractivity contribution in [3.8, 4) is 11.8 Å². The first kappa shape index (κ1) is 14.9. The molecule has 1 heterocycles. The number of hydrogen-bond acceptors (Lipinski definition) is 3. The zero-order valence-corrected chi connectivity index (χ0v) is 12.5. The molecule has 0 N–H and O–H groups in total. The van der Waals surface area contributed by atoms with Crippen LogP contribution in [0.3, 0.4) is 0 Å². The molecule has 1 saturated heterocycles. The summed E-state index contributed by atoms with van der Waals surface area (Å²) >= 11 is 0. The number of nitriles is 1. The van der Waals surface area contributed by atoms with Crippen LogP contribution in [0.15, 0.2) is 24.3 Å². The van der Waals surface area contributed by atoms with E-state index in [1.54, 1.807) is 12.1 Å². The molecule has 0 amide bonds. The van der Waals surface area contributed by atoms with E-state index in [2.05, 4.69) is 24.8 Å². The van der Waals surface area contributed by atoms with E-state index in [4.69, 9.17) is 10.00 Å². The van der Waals surface area contributed by atoms with E-state index in [0.717, 1.165) is 25.3 Å². The molecule has 0 spiro atoms. The molecule has 1 aromatic carbocycles. The SMILES string of the molecule is C[C@@H]1CCC[C@H](C)N1CCCOc1ccc(C#N)cc1. The summed E-state index contributed by atoms with van der Waals surface area (Å²) in [7, 11) is 0. The minimum atomic E-state index is 0.674. The van der Waals surface area contributed by atoms with Crippen LogP contribution in [-0.2, 0) is 0 Å². The molecule has 2 rings (SSSR count). The molecule has 3 heteroatoms. The van der Waals surface area contributed by atoms with Gasteiger partial charge in [0, 0.05) is 18.6 Å². The summed E-state index contributed by atoms with van der Waals surface area (Å²) < 4.78 is 5.73. The average Bonchev–Trinajstić information content (AvgIpc) is 2.46. The van der Waals surface area contributed by atoms with Gasteiger partial charge in [-0.05, 0) is 57.4 Å². The van der Waals surface area contributed by atoms with Crippen molar-refractivity contribution >= 4 is 0 Å². The van der Waals surface area contributed by atoms with E-state index >= 15 is 0 Å². The zero-order chi connectivity index (χ0) is 14.4. The first-order valence-electron chi connectivity index (χ1n) is 7.59. The van der Waals surface area contributed by atoms with E-state index in [0.29, 0.717) is 17.6 Å². The fraction of sp³-hybridized carbons (Fsp3) is 0.588. The van der Waals surface area contributed by atoms with Gasteiger partial charge in [0.1, 0.15) is 5.75 Å². The van der Waals surface area contributed by atoms with Crippen molar-refractivity contribution < 1.29 is 4.74 Å². The predicted octanol–water partition coefficient (Wildman–Crippen LogP) is 3.59. The number of ether oxygens (including phenoxy) is 1. The number of benzene rings is 1. The van der Waals surface area contributed by atoms with Gasteiger partial charge >= 0.3 is 0 Å². The molecule has 0 bridgehead atoms. The molecule has 1 aliphatic rings. The summed E-state index contributed by atoms with van der Waals surface area (Å²) in [6.07, 6.45) is 5.05. The maximum absolute atomic E-state index is 8.74. The minimum Gasteiger partial charge on any atom is -0.494 e. The summed E-state index contributed by atoms with van der Waals surface area (Å²) in [4.78, 5) is 2.60. The third kappa shape index (κ3) is 3.98. The molecule has 108 valence electrons. The fourth-order valence-electron chi connectivity index (χ4n) is 2.98. The highest BCUT2D eigenvalue weighted by atomic mass is 16.5. The smallest absolute Gasteiger partial charge is 0.119 e. The molecule has 0 unspecified atom stereocenters. The third-order valence-electron chi connectivity index (χ3n) is 4.19. The van der Waals surface area contributed by atoms with Gasteiger partial charge in [-0.25, -0.2) is 0 Å². The Morgan fingerprint density at radius 3 is 2.45 bits per heavy atom. The van der Waals surface area contributed by atoms with Gasteiger partial charge in [0.05, 0.1) is 18.2 Å². The topological polar surface area (TPSA) is 36.3 Å². The molecule has 0 aromatic heterocycles. The van der Waals surface area contributed by atoms with Gasteiger partial charge in [0.25, 0.3) is 0 Å². The second kappa shape index (κ2) is 7.31. The highest BCUT2D eigenvalue weighted by Gasteiger charge is 2.23. The molecular formula is C17H24N2O. The normalized spacial score (nSPS) is 23.2. The lowest BCUT2D eigenvalue weighted by atomic mass is 9.97. The van der Waals surface area contributed by atoms with Gasteiger partial charge in [-0.3, -0.25) is 4.90 Å². The van der Waals surface area contributed by atoms with Crippen molar-refractivity contribution in [2.45, 2.75) is 51.6 Å². The Bertz CT molecular complexity index is 439. The van der Waals surface area contributed by atoms with E-state index in [1.807, 2.05) is 12.1 Å². The van der Waals surface area contributed by atoms with Crippen LogP contribution in [0, 0.1) is 11.3 Å². The van der Waals surface area contributed by atoms with Crippen molar-refractivity contribution in [3.63, 3.8) is 0 Å². The lowest BCUT2D eigenvalue weighted by Crippen LogP contribution is -2.44. The van der Waals surface area contributed by atoms with Crippen LogP contribution < -0.4 is 4.74 Å². The number of likely N-dealkylation sites (tertiary alicyclic amines) is 1. The van der Waals surface area contributed by atoms with Gasteiger partial charge in [0.2, 0.25) is 0 Å². The lowest BCUT2D eigenvalue weighted by Gasteiger charge is -2.39. The van der Waals surface area contributed by atoms with E-state index < -0.39 is 0 Å². The Morgan fingerprint density at radius 1 is 1.20 bits per heavy atom. The van der Waals surface area contributed by atoms with E-state index in [-0.39, 0.29) is 0 Å². The van der Waals surface area contributed by atoms with Crippen molar-refractivity contribution in [2.75, 3.05) is 13.2 Å². The minimum absolute atomic E-state index is 0.674. The Labute approximate surface area is 122 Å². The van der Waals surface area contributed by atoms with Crippen LogP contribution in [0.25, 0.3) is 0 Å². The van der Waals surface area contributed by atoms with Crippen molar-refractivity contribution in [1.82, 2.24) is 4.90 Å². The van der Waals surface area contributed by atoms with Crippen LogP contribution >= 0.6 is 0 Å². The molecule has 0 saturated carbocycles. The van der Waals surface area contributed by atoms with E-state index in [1.165, 1.54) is 19.3 Å². The number of nitrogens with zero attached hydrogens (tertiary/aromatic N) is 2. The van der Waals surface area contributed by atoms with Crippen LogP contribution in [0.4, 0.5) is 0 Å². The lowest BCUT2D eigenvalue weighted by molar-refractivity contribution is 0.0961. The Morgan fingerprint density at radius 2 is 1.85 bits per heavy atom. The maximum atomic E-state index is 8.74. The summed E-state index contributed by atoms with van der Waals surface area (Å²) in [5, 5.41) is 8.74. The molecular weight excluding hydrogens is 248 g/mol. The molecule has 0 radical (unpaired) electrons. The van der Waals surface area contributed by atoms with Gasteiger partial charge in [0.15, 0.2) is 0 Å². The zero-order valence-electron chi connectivity index (χ0n) is 12.5. The van der Waals surface area contributed by atoms with Crippen molar-refractivity contribution in [1.29, 1.82) is 5.26 Å². The highest BCUT2D eigenvalue weighted by molar-refractivity contribution is 5.34. The van der Waals surface area contributed by atoms with Gasteiger partial charge in [-0.15, -0.1) is 0 Å². The first-order chi connectivity index (χ1) is 9.70. The largest absolute Gasteiger partial charge is 0.494 e. The summed E-state index contributed by atoms with van der Waals surface area (Å²) in [5.74, 6) is 0.851. The quantitative estimate of drug-likeness (QED) is 0.769. The van der Waals surface area contributed by atoms with E-state index in [9.17, 15) is 0 Å². The Hall–Kier alpha value is -1.53. The van der Waals surface area contributed by atoms with Gasteiger partial charge in [-0.1, -0.05) is 6.42 Å². The molecule has 2 atom stereocenters. The molecule has 3 nitrogen and oxygen atoms in total. The molecule has 1 fully saturated rings. The fourth-order valence-corrected chi connectivity index (χ4v) is 2.98. The average molecular weight is 272 g/mol. The molecule has 1 aromatic rings. The van der Waals surface area contributed by atoms with Gasteiger partial charge in [-0.2, -0.15) is 5.26 Å². The van der Waals surface area contributed by atoms with Crippen LogP contribution in [0.5, 0.6) is 5.75 Å². The first-order valence-corrected chi connectivity index (χ1v) is 7.59. The third-order valence-corrected chi connectivity index (χ3v) is 4.19. The van der Waals surface area contributed by atoms with Crippen LogP contribution in [0.2, 0.25) is 0 Å². The molecule has 0 aliphatic carbocycles.